The Morgan fingerprint density at radius 1 is 0.833 bits per heavy atom. The quantitative estimate of drug-likeness (QED) is 0.359. The lowest BCUT2D eigenvalue weighted by atomic mass is 10.1. The van der Waals surface area contributed by atoms with Gasteiger partial charge in [-0.1, -0.05) is 23.8 Å². The molecule has 0 unspecified atom stereocenters. The number of aryl methyl sites for hydroxylation is 3. The minimum absolute atomic E-state index is 0.143. The number of fused-ring (bicyclic) bond motifs is 1. The normalized spacial score (nSPS) is 10.8. The molecule has 0 aliphatic heterocycles. The van der Waals surface area contributed by atoms with Crippen LogP contribution in [0.25, 0.3) is 10.9 Å². The number of nitrogens with zero attached hydrogens (tertiary/aromatic N) is 1. The van der Waals surface area contributed by atoms with Gasteiger partial charge in [0.25, 0.3) is 5.56 Å². The minimum atomic E-state index is -0.292. The van der Waals surface area contributed by atoms with Gasteiger partial charge in [0.15, 0.2) is 11.5 Å². The summed E-state index contributed by atoms with van der Waals surface area (Å²) in [5.41, 5.74) is 5.86. The van der Waals surface area contributed by atoms with Crippen molar-refractivity contribution in [2.75, 3.05) is 24.9 Å². The number of ether oxygens (including phenoxy) is 2. The van der Waals surface area contributed by atoms with Crippen molar-refractivity contribution in [3.63, 3.8) is 0 Å². The van der Waals surface area contributed by atoms with Gasteiger partial charge in [0.2, 0.25) is 5.91 Å². The number of aromatic nitrogens is 1. The SMILES string of the molecule is COc1cc2cc(CNc3ccc(C)cc3)c(=O)n(CC(=O)Nc3ccc(C)c(C)c3)c2cc1OC. The molecular formula is C29H31N3O4. The van der Waals surface area contributed by atoms with E-state index in [1.807, 2.05) is 75.4 Å². The highest BCUT2D eigenvalue weighted by atomic mass is 16.5. The van der Waals surface area contributed by atoms with E-state index in [0.29, 0.717) is 34.8 Å². The summed E-state index contributed by atoms with van der Waals surface area (Å²) in [6.07, 6.45) is 0. The summed E-state index contributed by atoms with van der Waals surface area (Å²) < 4.78 is 12.4. The number of hydrogen-bond acceptors (Lipinski definition) is 5. The molecule has 36 heavy (non-hydrogen) atoms. The van der Waals surface area contributed by atoms with E-state index in [1.165, 1.54) is 4.57 Å². The van der Waals surface area contributed by atoms with Crippen LogP contribution >= 0.6 is 0 Å². The van der Waals surface area contributed by atoms with Crippen molar-refractivity contribution < 1.29 is 14.3 Å². The Kier molecular flexibility index (Phi) is 7.29. The van der Waals surface area contributed by atoms with Crippen LogP contribution in [0, 0.1) is 20.8 Å². The number of nitrogens with one attached hydrogen (secondary N) is 2. The number of hydrogen-bond donors (Lipinski definition) is 2. The molecule has 0 aliphatic rings. The highest BCUT2D eigenvalue weighted by molar-refractivity contribution is 5.92. The lowest BCUT2D eigenvalue weighted by Crippen LogP contribution is -2.30. The number of carbonyl (C=O) groups is 1. The highest BCUT2D eigenvalue weighted by Gasteiger charge is 2.16. The molecule has 7 heteroatoms. The van der Waals surface area contributed by atoms with Crippen LogP contribution in [0.15, 0.2) is 65.5 Å². The van der Waals surface area contributed by atoms with Gasteiger partial charge in [-0.3, -0.25) is 14.2 Å². The van der Waals surface area contributed by atoms with Crippen LogP contribution in [0.5, 0.6) is 11.5 Å². The zero-order chi connectivity index (χ0) is 25.8. The molecule has 0 saturated heterocycles. The average molecular weight is 486 g/mol. The molecule has 3 aromatic carbocycles. The molecule has 7 nitrogen and oxygen atoms in total. The Balaban J connectivity index is 1.72. The number of benzene rings is 3. The molecule has 186 valence electrons. The molecule has 0 bridgehead atoms. The van der Waals surface area contributed by atoms with Gasteiger partial charge in [0.05, 0.1) is 19.7 Å². The first-order valence-electron chi connectivity index (χ1n) is 11.7. The Morgan fingerprint density at radius 2 is 1.50 bits per heavy atom. The van der Waals surface area contributed by atoms with Gasteiger partial charge in [-0.25, -0.2) is 0 Å². The molecule has 1 aromatic heterocycles. The van der Waals surface area contributed by atoms with E-state index < -0.39 is 0 Å². The molecule has 0 radical (unpaired) electrons. The first-order valence-corrected chi connectivity index (χ1v) is 11.7. The monoisotopic (exact) mass is 485 g/mol. The zero-order valence-corrected chi connectivity index (χ0v) is 21.3. The number of anilines is 2. The van der Waals surface area contributed by atoms with Crippen molar-refractivity contribution in [1.29, 1.82) is 0 Å². The predicted molar refractivity (Wildman–Crippen MR) is 144 cm³/mol. The van der Waals surface area contributed by atoms with Crippen LogP contribution in [0.2, 0.25) is 0 Å². The topological polar surface area (TPSA) is 81.6 Å². The zero-order valence-electron chi connectivity index (χ0n) is 21.3. The van der Waals surface area contributed by atoms with Crippen molar-refractivity contribution in [1.82, 2.24) is 4.57 Å². The molecule has 1 amide bonds. The fraction of sp³-hybridized carbons (Fsp3) is 0.241. The van der Waals surface area contributed by atoms with Gasteiger partial charge in [0.1, 0.15) is 6.54 Å². The number of methoxy groups -OCH3 is 2. The molecule has 4 rings (SSSR count). The second-order valence-electron chi connectivity index (χ2n) is 8.89. The van der Waals surface area contributed by atoms with Gasteiger partial charge in [-0.15, -0.1) is 0 Å². The van der Waals surface area contributed by atoms with Crippen LogP contribution in [-0.4, -0.2) is 24.7 Å². The second-order valence-corrected chi connectivity index (χ2v) is 8.89. The Labute approximate surface area is 210 Å². The summed E-state index contributed by atoms with van der Waals surface area (Å²) in [4.78, 5) is 26.6. The standard InChI is InChI=1S/C29H31N3O4/c1-18-6-9-23(10-7-18)30-16-22-13-21-14-26(35-4)27(36-5)15-25(21)32(29(22)34)17-28(33)31-24-11-8-19(2)20(3)12-24/h6-15,30H,16-17H2,1-5H3,(H,31,33). The van der Waals surface area contributed by atoms with Crippen molar-refractivity contribution >= 4 is 28.2 Å². The summed E-state index contributed by atoms with van der Waals surface area (Å²) in [5, 5.41) is 6.99. The van der Waals surface area contributed by atoms with Crippen LogP contribution in [-0.2, 0) is 17.9 Å². The molecule has 1 heterocycles. The maximum atomic E-state index is 13.6. The fourth-order valence-electron chi connectivity index (χ4n) is 4.08. The smallest absolute Gasteiger partial charge is 0.256 e. The van der Waals surface area contributed by atoms with Gasteiger partial charge >= 0.3 is 0 Å². The summed E-state index contributed by atoms with van der Waals surface area (Å²) >= 11 is 0. The van der Waals surface area contributed by atoms with Crippen LogP contribution in [0.4, 0.5) is 11.4 Å². The first kappa shape index (κ1) is 24.9. The van der Waals surface area contributed by atoms with Crippen LogP contribution in [0.3, 0.4) is 0 Å². The second kappa shape index (κ2) is 10.6. The van der Waals surface area contributed by atoms with Crippen molar-refractivity contribution in [2.45, 2.75) is 33.9 Å². The predicted octanol–water partition coefficient (Wildman–Crippen LogP) is 5.19. The van der Waals surface area contributed by atoms with Crippen molar-refractivity contribution in [3.05, 3.63) is 93.3 Å². The average Bonchev–Trinajstić information content (AvgIpc) is 2.87. The van der Waals surface area contributed by atoms with Gasteiger partial charge < -0.3 is 20.1 Å². The van der Waals surface area contributed by atoms with E-state index in [-0.39, 0.29) is 18.0 Å². The molecular weight excluding hydrogens is 454 g/mol. The third-order valence-corrected chi connectivity index (χ3v) is 6.30. The van der Waals surface area contributed by atoms with E-state index in [1.54, 1.807) is 20.3 Å². The first-order chi connectivity index (χ1) is 17.3. The molecule has 0 spiro atoms. The molecule has 0 saturated carbocycles. The lowest BCUT2D eigenvalue weighted by Gasteiger charge is -2.16. The summed E-state index contributed by atoms with van der Waals surface area (Å²) in [6, 6.07) is 19.1. The van der Waals surface area contributed by atoms with Gasteiger partial charge in [-0.2, -0.15) is 0 Å². The number of amides is 1. The summed E-state index contributed by atoms with van der Waals surface area (Å²) in [5.74, 6) is 0.741. The summed E-state index contributed by atoms with van der Waals surface area (Å²) in [6.45, 7) is 6.20. The Hall–Kier alpha value is -4.26. The molecule has 4 aromatic rings. The fourth-order valence-corrected chi connectivity index (χ4v) is 4.08. The van der Waals surface area contributed by atoms with E-state index in [9.17, 15) is 9.59 Å². The van der Waals surface area contributed by atoms with E-state index >= 15 is 0 Å². The number of rotatable bonds is 8. The lowest BCUT2D eigenvalue weighted by molar-refractivity contribution is -0.116. The van der Waals surface area contributed by atoms with Crippen LogP contribution in [0.1, 0.15) is 22.3 Å². The number of carbonyl (C=O) groups excluding carboxylic acids is 1. The number of pyridine rings is 1. The van der Waals surface area contributed by atoms with Gasteiger partial charge in [0, 0.05) is 34.9 Å². The summed E-state index contributed by atoms with van der Waals surface area (Å²) in [7, 11) is 3.11. The van der Waals surface area contributed by atoms with E-state index in [4.69, 9.17) is 9.47 Å². The van der Waals surface area contributed by atoms with E-state index in [0.717, 1.165) is 27.8 Å². The van der Waals surface area contributed by atoms with E-state index in [2.05, 4.69) is 10.6 Å². The minimum Gasteiger partial charge on any atom is -0.493 e. The largest absolute Gasteiger partial charge is 0.493 e. The van der Waals surface area contributed by atoms with Crippen LogP contribution < -0.4 is 25.7 Å². The maximum Gasteiger partial charge on any atom is 0.256 e. The Morgan fingerprint density at radius 3 is 2.17 bits per heavy atom. The third-order valence-electron chi connectivity index (χ3n) is 6.30. The van der Waals surface area contributed by atoms with Gasteiger partial charge in [-0.05, 0) is 68.3 Å². The molecule has 2 N–H and O–H groups in total. The third kappa shape index (κ3) is 5.35. The molecule has 0 atom stereocenters. The Bertz CT molecular complexity index is 1470. The maximum absolute atomic E-state index is 13.6. The van der Waals surface area contributed by atoms with Crippen molar-refractivity contribution in [3.8, 4) is 11.5 Å². The highest BCUT2D eigenvalue weighted by Crippen LogP contribution is 2.32. The van der Waals surface area contributed by atoms with Crippen molar-refractivity contribution in [2.24, 2.45) is 0 Å². The molecule has 0 aliphatic carbocycles. The molecule has 0 fully saturated rings.